The van der Waals surface area contributed by atoms with Crippen molar-refractivity contribution in [1.29, 1.82) is 0 Å². The van der Waals surface area contributed by atoms with E-state index in [-0.39, 0.29) is 37.9 Å². The van der Waals surface area contributed by atoms with Gasteiger partial charge in [-0.15, -0.1) is 0 Å². The van der Waals surface area contributed by atoms with Gasteiger partial charge in [0, 0.05) is 18.7 Å². The highest BCUT2D eigenvalue weighted by Gasteiger charge is 2.27. The zero-order valence-corrected chi connectivity index (χ0v) is 13.3. The number of hydrogen-bond acceptors (Lipinski definition) is 5. The lowest BCUT2D eigenvalue weighted by atomic mass is 10.2. The summed E-state index contributed by atoms with van der Waals surface area (Å²) in [7, 11) is 0. The molecule has 4 amide bonds. The molecular formula is C16H19N3O5. The van der Waals surface area contributed by atoms with Crippen molar-refractivity contribution < 1.29 is 23.9 Å². The minimum absolute atomic E-state index is 0.00564. The lowest BCUT2D eigenvalue weighted by molar-refractivity contribution is -0.125. The maximum absolute atomic E-state index is 11.9. The minimum atomic E-state index is -0.452. The molecule has 0 spiro atoms. The van der Waals surface area contributed by atoms with Gasteiger partial charge in [-0.25, -0.2) is 9.59 Å². The van der Waals surface area contributed by atoms with Crippen molar-refractivity contribution in [1.82, 2.24) is 10.2 Å². The van der Waals surface area contributed by atoms with Crippen LogP contribution in [0.1, 0.15) is 30.1 Å². The number of carbonyl (C=O) groups excluding carboxylic acids is 4. The molecule has 8 nitrogen and oxygen atoms in total. The Morgan fingerprint density at radius 3 is 2.79 bits per heavy atom. The molecule has 0 aromatic heterocycles. The smallest absolute Gasteiger partial charge is 0.338 e. The van der Waals surface area contributed by atoms with Gasteiger partial charge in [0.2, 0.25) is 11.8 Å². The molecule has 2 rings (SSSR count). The SMILES string of the molecule is CCOC(=O)c1cccc(NC(=O)CCCN2C(=O)CNC2=O)c1. The van der Waals surface area contributed by atoms with E-state index >= 15 is 0 Å². The van der Waals surface area contributed by atoms with Crippen molar-refractivity contribution >= 4 is 29.5 Å². The summed E-state index contributed by atoms with van der Waals surface area (Å²) in [5.74, 6) is -1.00. The van der Waals surface area contributed by atoms with E-state index in [1.807, 2.05) is 0 Å². The maximum Gasteiger partial charge on any atom is 0.338 e. The van der Waals surface area contributed by atoms with Crippen molar-refractivity contribution in [2.75, 3.05) is 25.0 Å². The van der Waals surface area contributed by atoms with Crippen LogP contribution in [0.4, 0.5) is 10.5 Å². The zero-order chi connectivity index (χ0) is 17.5. The van der Waals surface area contributed by atoms with Crippen LogP contribution in [0.2, 0.25) is 0 Å². The van der Waals surface area contributed by atoms with Gasteiger partial charge in [0.15, 0.2) is 0 Å². The number of imide groups is 1. The molecular weight excluding hydrogens is 314 g/mol. The van der Waals surface area contributed by atoms with Crippen molar-refractivity contribution in [3.05, 3.63) is 29.8 Å². The highest BCUT2D eigenvalue weighted by Crippen LogP contribution is 2.12. The average Bonchev–Trinajstić information content (AvgIpc) is 2.87. The van der Waals surface area contributed by atoms with E-state index in [0.717, 1.165) is 4.90 Å². The molecule has 0 saturated carbocycles. The third kappa shape index (κ3) is 4.55. The van der Waals surface area contributed by atoms with Crippen molar-refractivity contribution in [3.63, 3.8) is 0 Å². The summed E-state index contributed by atoms with van der Waals surface area (Å²) in [6.07, 6.45) is 0.517. The zero-order valence-electron chi connectivity index (χ0n) is 13.3. The van der Waals surface area contributed by atoms with Gasteiger partial charge >= 0.3 is 12.0 Å². The van der Waals surface area contributed by atoms with Gasteiger partial charge in [-0.3, -0.25) is 14.5 Å². The fourth-order valence-electron chi connectivity index (χ4n) is 2.24. The highest BCUT2D eigenvalue weighted by atomic mass is 16.5. The monoisotopic (exact) mass is 333 g/mol. The van der Waals surface area contributed by atoms with Gasteiger partial charge in [0.25, 0.3) is 0 Å². The number of nitrogens with one attached hydrogen (secondary N) is 2. The number of hydrogen-bond donors (Lipinski definition) is 2. The van der Waals surface area contributed by atoms with E-state index < -0.39 is 12.0 Å². The minimum Gasteiger partial charge on any atom is -0.462 e. The normalized spacial score (nSPS) is 13.6. The van der Waals surface area contributed by atoms with Crippen molar-refractivity contribution in [2.24, 2.45) is 0 Å². The molecule has 0 unspecified atom stereocenters. The predicted molar refractivity (Wildman–Crippen MR) is 85.4 cm³/mol. The molecule has 0 aliphatic carbocycles. The average molecular weight is 333 g/mol. The largest absolute Gasteiger partial charge is 0.462 e. The second kappa shape index (κ2) is 8.09. The second-order valence-corrected chi connectivity index (χ2v) is 5.16. The van der Waals surface area contributed by atoms with E-state index in [4.69, 9.17) is 4.74 Å². The number of amides is 4. The van der Waals surface area contributed by atoms with Crippen LogP contribution in [-0.4, -0.2) is 48.4 Å². The number of rotatable bonds is 7. The summed E-state index contributed by atoms with van der Waals surface area (Å²) in [4.78, 5) is 47.4. The lowest BCUT2D eigenvalue weighted by Crippen LogP contribution is -2.32. The Labute approximate surface area is 139 Å². The number of nitrogens with zero attached hydrogens (tertiary/aromatic N) is 1. The molecule has 1 aromatic carbocycles. The van der Waals surface area contributed by atoms with Gasteiger partial charge in [-0.2, -0.15) is 0 Å². The molecule has 1 fully saturated rings. The summed E-state index contributed by atoms with van der Waals surface area (Å²) in [5, 5.41) is 5.09. The maximum atomic E-state index is 11.9. The van der Waals surface area contributed by atoms with Crippen LogP contribution in [0, 0.1) is 0 Å². The molecule has 1 saturated heterocycles. The van der Waals surface area contributed by atoms with Crippen LogP contribution < -0.4 is 10.6 Å². The topological polar surface area (TPSA) is 105 Å². The Balaban J connectivity index is 1.82. The first-order valence-electron chi connectivity index (χ1n) is 7.66. The van der Waals surface area contributed by atoms with Crippen LogP contribution in [0.25, 0.3) is 0 Å². The second-order valence-electron chi connectivity index (χ2n) is 5.16. The number of esters is 1. The molecule has 128 valence electrons. The molecule has 1 aromatic rings. The van der Waals surface area contributed by atoms with Crippen LogP contribution in [0.3, 0.4) is 0 Å². The van der Waals surface area contributed by atoms with E-state index in [0.29, 0.717) is 17.7 Å². The number of urea groups is 1. The fraction of sp³-hybridized carbons (Fsp3) is 0.375. The Hall–Kier alpha value is -2.90. The number of anilines is 1. The third-order valence-corrected chi connectivity index (χ3v) is 3.38. The molecule has 0 bridgehead atoms. The molecule has 2 N–H and O–H groups in total. The molecule has 1 heterocycles. The molecule has 1 aliphatic rings. The van der Waals surface area contributed by atoms with Crippen LogP contribution in [0.15, 0.2) is 24.3 Å². The van der Waals surface area contributed by atoms with E-state index in [2.05, 4.69) is 10.6 Å². The van der Waals surface area contributed by atoms with Gasteiger partial charge in [0.05, 0.1) is 18.7 Å². The first-order chi connectivity index (χ1) is 11.5. The quantitative estimate of drug-likeness (QED) is 0.575. The standard InChI is InChI=1S/C16H19N3O5/c1-2-24-15(22)11-5-3-6-12(9-11)18-13(20)7-4-8-19-14(21)10-17-16(19)23/h3,5-6,9H,2,4,7-8,10H2,1H3,(H,17,23)(H,18,20). The molecule has 8 heteroatoms. The first-order valence-corrected chi connectivity index (χ1v) is 7.66. The lowest BCUT2D eigenvalue weighted by Gasteiger charge is -2.12. The Bertz CT molecular complexity index is 643. The van der Waals surface area contributed by atoms with Crippen LogP contribution in [0.5, 0.6) is 0 Å². The van der Waals surface area contributed by atoms with Gasteiger partial charge in [-0.1, -0.05) is 6.07 Å². The molecule has 0 atom stereocenters. The van der Waals surface area contributed by atoms with Crippen LogP contribution in [-0.2, 0) is 14.3 Å². The number of ether oxygens (including phenoxy) is 1. The fourth-order valence-corrected chi connectivity index (χ4v) is 2.24. The highest BCUT2D eigenvalue weighted by molar-refractivity contribution is 6.02. The molecule has 24 heavy (non-hydrogen) atoms. The Morgan fingerprint density at radius 2 is 2.12 bits per heavy atom. The summed E-state index contributed by atoms with van der Waals surface area (Å²) in [5.41, 5.74) is 0.842. The van der Waals surface area contributed by atoms with E-state index in [9.17, 15) is 19.2 Å². The van der Waals surface area contributed by atoms with Gasteiger partial charge < -0.3 is 15.4 Å². The van der Waals surface area contributed by atoms with Gasteiger partial charge in [0.1, 0.15) is 0 Å². The number of carbonyl (C=O) groups is 4. The summed E-state index contributed by atoms with van der Waals surface area (Å²) >= 11 is 0. The molecule has 0 radical (unpaired) electrons. The number of benzene rings is 1. The van der Waals surface area contributed by atoms with Crippen molar-refractivity contribution in [3.8, 4) is 0 Å². The van der Waals surface area contributed by atoms with Crippen molar-refractivity contribution in [2.45, 2.75) is 19.8 Å². The van der Waals surface area contributed by atoms with Gasteiger partial charge in [-0.05, 0) is 31.5 Å². The molecule has 1 aliphatic heterocycles. The summed E-state index contributed by atoms with van der Waals surface area (Å²) in [6, 6.07) is 6.02. The summed E-state index contributed by atoms with van der Waals surface area (Å²) < 4.78 is 4.90. The van der Waals surface area contributed by atoms with E-state index in [1.165, 1.54) is 6.07 Å². The predicted octanol–water partition coefficient (Wildman–Crippen LogP) is 1.13. The Kier molecular flexibility index (Phi) is 5.89. The summed E-state index contributed by atoms with van der Waals surface area (Å²) in [6.45, 7) is 2.19. The Morgan fingerprint density at radius 1 is 1.33 bits per heavy atom. The first kappa shape index (κ1) is 17.5. The van der Waals surface area contributed by atoms with Crippen LogP contribution >= 0.6 is 0 Å². The third-order valence-electron chi connectivity index (χ3n) is 3.38. The van der Waals surface area contributed by atoms with E-state index in [1.54, 1.807) is 25.1 Å².